The van der Waals surface area contributed by atoms with E-state index >= 15 is 0 Å². The molecule has 2 N–H and O–H groups in total. The molecule has 0 bridgehead atoms. The minimum absolute atomic E-state index is 0.722. The SMILES string of the molecule is CCc1nc(-c2ccc(-c3ccccc3)cc2)c(N)n1C. The lowest BCUT2D eigenvalue weighted by molar-refractivity contribution is 0.816. The van der Waals surface area contributed by atoms with E-state index in [1.807, 2.05) is 29.8 Å². The molecule has 3 heteroatoms. The summed E-state index contributed by atoms with van der Waals surface area (Å²) in [5, 5.41) is 0. The van der Waals surface area contributed by atoms with Gasteiger partial charge in [-0.05, 0) is 11.1 Å². The van der Waals surface area contributed by atoms with Crippen molar-refractivity contribution in [3.8, 4) is 22.4 Å². The summed E-state index contributed by atoms with van der Waals surface area (Å²) in [5.41, 5.74) is 10.5. The molecule has 0 saturated carbocycles. The van der Waals surface area contributed by atoms with Crippen molar-refractivity contribution in [1.82, 2.24) is 9.55 Å². The Morgan fingerprint density at radius 2 is 1.48 bits per heavy atom. The fraction of sp³-hybridized carbons (Fsp3) is 0.167. The van der Waals surface area contributed by atoms with Crippen molar-refractivity contribution >= 4 is 5.82 Å². The zero-order valence-electron chi connectivity index (χ0n) is 12.4. The Bertz CT molecular complexity index is 740. The number of anilines is 1. The summed E-state index contributed by atoms with van der Waals surface area (Å²) in [4.78, 5) is 4.64. The molecule has 3 rings (SSSR count). The highest BCUT2D eigenvalue weighted by molar-refractivity contribution is 5.74. The zero-order chi connectivity index (χ0) is 14.8. The molecule has 0 fully saturated rings. The van der Waals surface area contributed by atoms with Gasteiger partial charge in [-0.25, -0.2) is 4.98 Å². The average Bonchev–Trinajstić information content (AvgIpc) is 2.84. The third kappa shape index (κ3) is 2.42. The van der Waals surface area contributed by atoms with Crippen LogP contribution in [0.15, 0.2) is 54.6 Å². The number of benzene rings is 2. The second-order valence-corrected chi connectivity index (χ2v) is 5.12. The summed E-state index contributed by atoms with van der Waals surface area (Å²) in [5.74, 6) is 1.73. The van der Waals surface area contributed by atoms with Crippen LogP contribution in [0.1, 0.15) is 12.7 Å². The molecular formula is C18H19N3. The van der Waals surface area contributed by atoms with E-state index in [2.05, 4.69) is 48.3 Å². The summed E-state index contributed by atoms with van der Waals surface area (Å²) in [6.45, 7) is 2.09. The first-order valence-corrected chi connectivity index (χ1v) is 7.17. The molecule has 0 aliphatic rings. The largest absolute Gasteiger partial charge is 0.383 e. The molecule has 0 aliphatic carbocycles. The standard InChI is InChI=1S/C18H19N3/c1-3-16-20-17(18(19)21(16)2)15-11-9-14(10-12-15)13-7-5-4-6-8-13/h4-12H,3,19H2,1-2H3. The molecule has 0 atom stereocenters. The quantitative estimate of drug-likeness (QED) is 0.789. The second-order valence-electron chi connectivity index (χ2n) is 5.12. The van der Waals surface area contributed by atoms with E-state index in [1.165, 1.54) is 11.1 Å². The molecular weight excluding hydrogens is 258 g/mol. The number of nitrogens with zero attached hydrogens (tertiary/aromatic N) is 2. The van der Waals surface area contributed by atoms with Crippen molar-refractivity contribution < 1.29 is 0 Å². The minimum atomic E-state index is 0.722. The van der Waals surface area contributed by atoms with Crippen LogP contribution >= 0.6 is 0 Å². The lowest BCUT2D eigenvalue weighted by Gasteiger charge is -2.04. The van der Waals surface area contributed by atoms with Gasteiger partial charge >= 0.3 is 0 Å². The molecule has 3 aromatic rings. The molecule has 1 aromatic heterocycles. The Balaban J connectivity index is 1.98. The molecule has 1 heterocycles. The van der Waals surface area contributed by atoms with E-state index in [1.54, 1.807) is 0 Å². The average molecular weight is 277 g/mol. The monoisotopic (exact) mass is 277 g/mol. The van der Waals surface area contributed by atoms with Crippen molar-refractivity contribution in [2.75, 3.05) is 5.73 Å². The molecule has 0 spiro atoms. The Kier molecular flexibility index (Phi) is 3.48. The molecule has 106 valence electrons. The van der Waals surface area contributed by atoms with Gasteiger partial charge in [0.15, 0.2) is 0 Å². The van der Waals surface area contributed by atoms with Crippen molar-refractivity contribution in [3.63, 3.8) is 0 Å². The topological polar surface area (TPSA) is 43.8 Å². The highest BCUT2D eigenvalue weighted by Gasteiger charge is 2.12. The van der Waals surface area contributed by atoms with E-state index in [9.17, 15) is 0 Å². The lowest BCUT2D eigenvalue weighted by atomic mass is 10.0. The maximum absolute atomic E-state index is 6.16. The van der Waals surface area contributed by atoms with Gasteiger partial charge in [-0.2, -0.15) is 0 Å². The lowest BCUT2D eigenvalue weighted by Crippen LogP contribution is -2.00. The van der Waals surface area contributed by atoms with Gasteiger partial charge in [-0.1, -0.05) is 61.5 Å². The highest BCUT2D eigenvalue weighted by Crippen LogP contribution is 2.28. The fourth-order valence-corrected chi connectivity index (χ4v) is 2.54. The Morgan fingerprint density at radius 1 is 0.905 bits per heavy atom. The molecule has 0 radical (unpaired) electrons. The van der Waals surface area contributed by atoms with E-state index in [4.69, 9.17) is 5.73 Å². The van der Waals surface area contributed by atoms with Crippen LogP contribution in [0, 0.1) is 0 Å². The first kappa shape index (κ1) is 13.4. The van der Waals surface area contributed by atoms with E-state index < -0.39 is 0 Å². The van der Waals surface area contributed by atoms with Gasteiger partial charge < -0.3 is 10.3 Å². The summed E-state index contributed by atoms with van der Waals surface area (Å²) >= 11 is 0. The van der Waals surface area contributed by atoms with Crippen LogP contribution in [-0.4, -0.2) is 9.55 Å². The summed E-state index contributed by atoms with van der Waals surface area (Å²) < 4.78 is 1.96. The predicted octanol–water partition coefficient (Wildman–Crippen LogP) is 3.90. The number of nitrogen functional groups attached to an aromatic ring is 1. The van der Waals surface area contributed by atoms with Crippen LogP contribution in [0.2, 0.25) is 0 Å². The van der Waals surface area contributed by atoms with Crippen LogP contribution < -0.4 is 5.73 Å². The van der Waals surface area contributed by atoms with Crippen LogP contribution in [0.5, 0.6) is 0 Å². The molecule has 21 heavy (non-hydrogen) atoms. The van der Waals surface area contributed by atoms with Crippen molar-refractivity contribution in [3.05, 3.63) is 60.4 Å². The molecule has 0 amide bonds. The van der Waals surface area contributed by atoms with Gasteiger partial charge in [0.1, 0.15) is 17.3 Å². The van der Waals surface area contributed by atoms with Crippen LogP contribution in [0.3, 0.4) is 0 Å². The van der Waals surface area contributed by atoms with E-state index in [-0.39, 0.29) is 0 Å². The molecule has 0 saturated heterocycles. The van der Waals surface area contributed by atoms with Crippen LogP contribution in [0.25, 0.3) is 22.4 Å². The summed E-state index contributed by atoms with van der Waals surface area (Å²) in [6.07, 6.45) is 0.878. The van der Waals surface area contributed by atoms with Gasteiger partial charge in [-0.15, -0.1) is 0 Å². The number of imidazole rings is 1. The first-order valence-electron chi connectivity index (χ1n) is 7.17. The number of aryl methyl sites for hydroxylation is 1. The molecule has 3 nitrogen and oxygen atoms in total. The zero-order valence-corrected chi connectivity index (χ0v) is 12.4. The van der Waals surface area contributed by atoms with Crippen LogP contribution in [-0.2, 0) is 13.5 Å². The fourth-order valence-electron chi connectivity index (χ4n) is 2.54. The van der Waals surface area contributed by atoms with Gasteiger partial charge in [0.25, 0.3) is 0 Å². The number of hydrogen-bond acceptors (Lipinski definition) is 2. The molecule has 0 aliphatic heterocycles. The molecule has 2 aromatic carbocycles. The second kappa shape index (κ2) is 5.44. The number of nitrogens with two attached hydrogens (primary N) is 1. The van der Waals surface area contributed by atoms with Gasteiger partial charge in [-0.3, -0.25) is 0 Å². The normalized spacial score (nSPS) is 10.8. The first-order chi connectivity index (χ1) is 10.2. The Labute approximate surface area is 125 Å². The van der Waals surface area contributed by atoms with Gasteiger partial charge in [0.05, 0.1) is 0 Å². The van der Waals surface area contributed by atoms with Crippen molar-refractivity contribution in [1.29, 1.82) is 0 Å². The third-order valence-corrected chi connectivity index (χ3v) is 3.81. The Morgan fingerprint density at radius 3 is 2.05 bits per heavy atom. The predicted molar refractivity (Wildman–Crippen MR) is 87.9 cm³/mol. The van der Waals surface area contributed by atoms with Crippen LogP contribution in [0.4, 0.5) is 5.82 Å². The molecule has 0 unspecified atom stereocenters. The maximum atomic E-state index is 6.16. The van der Waals surface area contributed by atoms with E-state index in [0.717, 1.165) is 29.3 Å². The van der Waals surface area contributed by atoms with Crippen molar-refractivity contribution in [2.24, 2.45) is 7.05 Å². The van der Waals surface area contributed by atoms with Gasteiger partial charge in [0, 0.05) is 19.0 Å². The minimum Gasteiger partial charge on any atom is -0.383 e. The van der Waals surface area contributed by atoms with Gasteiger partial charge in [0.2, 0.25) is 0 Å². The highest BCUT2D eigenvalue weighted by atomic mass is 15.1. The number of hydrogen-bond donors (Lipinski definition) is 1. The van der Waals surface area contributed by atoms with Crippen molar-refractivity contribution in [2.45, 2.75) is 13.3 Å². The third-order valence-electron chi connectivity index (χ3n) is 3.81. The number of rotatable bonds is 3. The summed E-state index contributed by atoms with van der Waals surface area (Å²) in [7, 11) is 1.96. The van der Waals surface area contributed by atoms with E-state index in [0.29, 0.717) is 0 Å². The summed E-state index contributed by atoms with van der Waals surface area (Å²) in [6, 6.07) is 18.7. The maximum Gasteiger partial charge on any atom is 0.131 e. The number of aromatic nitrogens is 2. The Hall–Kier alpha value is -2.55. The smallest absolute Gasteiger partial charge is 0.131 e.